The molecule has 1 saturated heterocycles. The lowest BCUT2D eigenvalue weighted by molar-refractivity contribution is 0.169. The molecule has 1 aromatic carbocycles. The third-order valence-electron chi connectivity index (χ3n) is 3.63. The van der Waals surface area contributed by atoms with Crippen LogP contribution in [0.3, 0.4) is 0 Å². The first kappa shape index (κ1) is 14.1. The first-order valence-corrected chi connectivity index (χ1v) is 6.94. The molecule has 0 saturated carbocycles. The molecule has 0 unspecified atom stereocenters. The fourth-order valence-electron chi connectivity index (χ4n) is 2.70. The molecule has 1 aliphatic heterocycles. The van der Waals surface area contributed by atoms with Crippen molar-refractivity contribution in [3.8, 4) is 5.75 Å². The van der Waals surface area contributed by atoms with Gasteiger partial charge in [0.25, 0.3) is 0 Å². The number of ether oxygens (including phenoxy) is 1. The summed E-state index contributed by atoms with van der Waals surface area (Å²) in [7, 11) is 1.74. The SMILES string of the molecule is C=C(C)C[C@H](c1ccccc1OC)N1CCNCC1. The minimum absolute atomic E-state index is 0.371. The number of hydrogen-bond donors (Lipinski definition) is 1. The van der Waals surface area contributed by atoms with Gasteiger partial charge in [-0.3, -0.25) is 4.90 Å². The Morgan fingerprint density at radius 1 is 1.37 bits per heavy atom. The highest BCUT2D eigenvalue weighted by atomic mass is 16.5. The Labute approximate surface area is 116 Å². The van der Waals surface area contributed by atoms with Crippen molar-refractivity contribution in [1.29, 1.82) is 0 Å². The predicted molar refractivity (Wildman–Crippen MR) is 79.6 cm³/mol. The summed E-state index contributed by atoms with van der Waals surface area (Å²) in [6, 6.07) is 8.71. The van der Waals surface area contributed by atoms with Crippen LogP contribution >= 0.6 is 0 Å². The Morgan fingerprint density at radius 2 is 2.05 bits per heavy atom. The Balaban J connectivity index is 2.27. The summed E-state index contributed by atoms with van der Waals surface area (Å²) in [6.45, 7) is 10.5. The lowest BCUT2D eigenvalue weighted by Crippen LogP contribution is -2.45. The van der Waals surface area contributed by atoms with E-state index in [1.54, 1.807) is 7.11 Å². The van der Waals surface area contributed by atoms with Crippen LogP contribution in [0, 0.1) is 0 Å². The molecule has 0 bridgehead atoms. The number of nitrogens with zero attached hydrogens (tertiary/aromatic N) is 1. The van der Waals surface area contributed by atoms with Gasteiger partial charge in [-0.25, -0.2) is 0 Å². The van der Waals surface area contributed by atoms with Gasteiger partial charge in [0.05, 0.1) is 7.11 Å². The average molecular weight is 260 g/mol. The van der Waals surface area contributed by atoms with E-state index in [-0.39, 0.29) is 0 Å². The molecule has 1 fully saturated rings. The molecule has 0 spiro atoms. The number of nitrogens with one attached hydrogen (secondary N) is 1. The molecular formula is C16H24N2O. The first-order chi connectivity index (χ1) is 9.22. The molecule has 104 valence electrons. The summed E-state index contributed by atoms with van der Waals surface area (Å²) in [4.78, 5) is 2.53. The summed E-state index contributed by atoms with van der Waals surface area (Å²) in [5.41, 5.74) is 2.49. The molecule has 0 radical (unpaired) electrons. The lowest BCUT2D eigenvalue weighted by Gasteiger charge is -2.36. The molecule has 1 atom stereocenters. The quantitative estimate of drug-likeness (QED) is 0.824. The van der Waals surface area contributed by atoms with E-state index in [0.717, 1.165) is 38.3 Å². The van der Waals surface area contributed by atoms with Gasteiger partial charge in [-0.2, -0.15) is 0 Å². The highest BCUT2D eigenvalue weighted by molar-refractivity contribution is 5.36. The van der Waals surface area contributed by atoms with Gasteiger partial charge in [0, 0.05) is 37.8 Å². The smallest absolute Gasteiger partial charge is 0.123 e. The zero-order chi connectivity index (χ0) is 13.7. The largest absolute Gasteiger partial charge is 0.496 e. The van der Waals surface area contributed by atoms with Gasteiger partial charge in [0.15, 0.2) is 0 Å². The third kappa shape index (κ3) is 3.58. The van der Waals surface area contributed by atoms with Crippen LogP contribution in [0.5, 0.6) is 5.75 Å². The lowest BCUT2D eigenvalue weighted by atomic mass is 9.97. The van der Waals surface area contributed by atoms with Gasteiger partial charge in [0.1, 0.15) is 5.75 Å². The van der Waals surface area contributed by atoms with E-state index >= 15 is 0 Å². The number of methoxy groups -OCH3 is 1. The van der Waals surface area contributed by atoms with Crippen LogP contribution in [0.1, 0.15) is 24.9 Å². The van der Waals surface area contributed by atoms with E-state index in [4.69, 9.17) is 4.74 Å². The second-order valence-electron chi connectivity index (χ2n) is 5.20. The molecule has 0 aromatic heterocycles. The van der Waals surface area contributed by atoms with Crippen LogP contribution < -0.4 is 10.1 Å². The van der Waals surface area contributed by atoms with Crippen molar-refractivity contribution in [2.75, 3.05) is 33.3 Å². The second kappa shape index (κ2) is 6.73. The van der Waals surface area contributed by atoms with Crippen LogP contribution in [0.4, 0.5) is 0 Å². The minimum Gasteiger partial charge on any atom is -0.496 e. The monoisotopic (exact) mass is 260 g/mol. The van der Waals surface area contributed by atoms with E-state index in [2.05, 4.69) is 35.9 Å². The van der Waals surface area contributed by atoms with E-state index in [9.17, 15) is 0 Å². The number of para-hydroxylation sites is 1. The van der Waals surface area contributed by atoms with Crippen molar-refractivity contribution in [3.63, 3.8) is 0 Å². The average Bonchev–Trinajstić information content (AvgIpc) is 2.45. The normalized spacial score (nSPS) is 18.0. The van der Waals surface area contributed by atoms with Gasteiger partial charge >= 0.3 is 0 Å². The highest BCUT2D eigenvalue weighted by Gasteiger charge is 2.24. The van der Waals surface area contributed by atoms with Crippen molar-refractivity contribution >= 4 is 0 Å². The zero-order valence-corrected chi connectivity index (χ0v) is 12.0. The number of benzene rings is 1. The van der Waals surface area contributed by atoms with Crippen molar-refractivity contribution < 1.29 is 4.74 Å². The van der Waals surface area contributed by atoms with Crippen molar-refractivity contribution in [2.24, 2.45) is 0 Å². The van der Waals surface area contributed by atoms with Crippen LogP contribution in [0.2, 0.25) is 0 Å². The highest BCUT2D eigenvalue weighted by Crippen LogP contribution is 2.33. The zero-order valence-electron chi connectivity index (χ0n) is 12.0. The Kier molecular flexibility index (Phi) is 5.00. The molecule has 3 nitrogen and oxygen atoms in total. The molecule has 3 heteroatoms. The molecule has 2 rings (SSSR count). The Bertz CT molecular complexity index is 425. The molecular weight excluding hydrogens is 236 g/mol. The van der Waals surface area contributed by atoms with Gasteiger partial charge in [-0.1, -0.05) is 23.8 Å². The first-order valence-electron chi connectivity index (χ1n) is 6.94. The van der Waals surface area contributed by atoms with Crippen molar-refractivity contribution in [3.05, 3.63) is 42.0 Å². The van der Waals surface area contributed by atoms with E-state index in [0.29, 0.717) is 6.04 Å². The molecule has 1 N–H and O–H groups in total. The topological polar surface area (TPSA) is 24.5 Å². The van der Waals surface area contributed by atoms with E-state index < -0.39 is 0 Å². The fraction of sp³-hybridized carbons (Fsp3) is 0.500. The summed E-state index contributed by atoms with van der Waals surface area (Å²) in [5, 5.41) is 3.41. The maximum absolute atomic E-state index is 5.53. The third-order valence-corrected chi connectivity index (χ3v) is 3.63. The summed E-state index contributed by atoms with van der Waals surface area (Å²) in [5.74, 6) is 0.979. The second-order valence-corrected chi connectivity index (χ2v) is 5.20. The van der Waals surface area contributed by atoms with Gasteiger partial charge in [-0.05, 0) is 19.4 Å². The van der Waals surface area contributed by atoms with Crippen LogP contribution in [-0.4, -0.2) is 38.2 Å². The van der Waals surface area contributed by atoms with Crippen LogP contribution in [0.25, 0.3) is 0 Å². The molecule has 0 amide bonds. The minimum atomic E-state index is 0.371. The van der Waals surface area contributed by atoms with Crippen LogP contribution in [0.15, 0.2) is 36.4 Å². The van der Waals surface area contributed by atoms with Gasteiger partial charge in [-0.15, -0.1) is 6.58 Å². The maximum Gasteiger partial charge on any atom is 0.123 e. The van der Waals surface area contributed by atoms with Gasteiger partial charge < -0.3 is 10.1 Å². The van der Waals surface area contributed by atoms with Gasteiger partial charge in [0.2, 0.25) is 0 Å². The van der Waals surface area contributed by atoms with E-state index in [1.807, 2.05) is 12.1 Å². The maximum atomic E-state index is 5.53. The van der Waals surface area contributed by atoms with Crippen molar-refractivity contribution in [1.82, 2.24) is 10.2 Å². The Morgan fingerprint density at radius 3 is 2.68 bits per heavy atom. The fourth-order valence-corrected chi connectivity index (χ4v) is 2.70. The summed E-state index contributed by atoms with van der Waals surface area (Å²) in [6.07, 6.45) is 0.986. The Hall–Kier alpha value is -1.32. The number of hydrogen-bond acceptors (Lipinski definition) is 3. The summed E-state index contributed by atoms with van der Waals surface area (Å²) < 4.78 is 5.53. The molecule has 19 heavy (non-hydrogen) atoms. The molecule has 1 aliphatic rings. The van der Waals surface area contributed by atoms with Crippen LogP contribution in [-0.2, 0) is 0 Å². The number of rotatable bonds is 5. The standard InChI is InChI=1S/C16H24N2O/c1-13(2)12-15(18-10-8-17-9-11-18)14-6-4-5-7-16(14)19-3/h4-7,15,17H,1,8-12H2,2-3H3/t15-/m1/s1. The van der Waals surface area contributed by atoms with Crippen molar-refractivity contribution in [2.45, 2.75) is 19.4 Å². The molecule has 0 aliphatic carbocycles. The van der Waals surface area contributed by atoms with E-state index in [1.165, 1.54) is 11.1 Å². The molecule has 1 heterocycles. The summed E-state index contributed by atoms with van der Waals surface area (Å²) >= 11 is 0. The molecule has 1 aromatic rings. The predicted octanol–water partition coefficient (Wildman–Crippen LogP) is 2.61. The number of piperazine rings is 1.